The maximum absolute atomic E-state index is 13.2. The molecule has 1 aromatic heterocycles. The topological polar surface area (TPSA) is 98.1 Å². The molecule has 0 fully saturated rings. The van der Waals surface area contributed by atoms with Crippen LogP contribution in [0.4, 0.5) is 5.69 Å². The number of anilines is 1. The number of amides is 2. The highest BCUT2D eigenvalue weighted by molar-refractivity contribution is 6.06. The number of aryl methyl sites for hydroxylation is 1. The summed E-state index contributed by atoms with van der Waals surface area (Å²) in [7, 11) is 1.55. The molecule has 0 aliphatic carbocycles. The average Bonchev–Trinajstić information content (AvgIpc) is 3.27. The summed E-state index contributed by atoms with van der Waals surface area (Å²) in [5, 5.41) is 14.0. The zero-order valence-corrected chi connectivity index (χ0v) is 21.8. The number of carbonyl (C=O) groups excluding carboxylic acids is 2. The number of hydrogen-bond acceptors (Lipinski definition) is 5. The van der Waals surface area contributed by atoms with Gasteiger partial charge in [-0.25, -0.2) is 4.68 Å². The van der Waals surface area contributed by atoms with Crippen molar-refractivity contribution in [2.24, 2.45) is 5.41 Å². The van der Waals surface area contributed by atoms with Crippen molar-refractivity contribution < 1.29 is 14.3 Å². The van der Waals surface area contributed by atoms with Crippen LogP contribution in [0.5, 0.6) is 5.75 Å². The van der Waals surface area contributed by atoms with E-state index in [1.807, 2.05) is 58.0 Å². The van der Waals surface area contributed by atoms with Crippen molar-refractivity contribution in [1.82, 2.24) is 20.3 Å². The Labute approximate surface area is 207 Å². The fourth-order valence-corrected chi connectivity index (χ4v) is 3.41. The predicted molar refractivity (Wildman–Crippen MR) is 138 cm³/mol. The zero-order chi connectivity index (χ0) is 26.0. The van der Waals surface area contributed by atoms with E-state index in [0.29, 0.717) is 29.2 Å². The Hall–Kier alpha value is -3.68. The second kappa shape index (κ2) is 9.90. The molecule has 0 atom stereocenters. The van der Waals surface area contributed by atoms with Gasteiger partial charge < -0.3 is 15.4 Å². The molecule has 0 spiro atoms. The van der Waals surface area contributed by atoms with E-state index in [1.165, 1.54) is 4.68 Å². The molecule has 0 radical (unpaired) electrons. The van der Waals surface area contributed by atoms with Gasteiger partial charge in [-0.05, 0) is 53.1 Å². The third-order valence-corrected chi connectivity index (χ3v) is 5.53. The van der Waals surface area contributed by atoms with Crippen molar-refractivity contribution in [1.29, 1.82) is 0 Å². The quantitative estimate of drug-likeness (QED) is 0.526. The monoisotopic (exact) mass is 477 g/mol. The summed E-state index contributed by atoms with van der Waals surface area (Å²) in [5.41, 5.74) is 3.79. The highest BCUT2D eigenvalue weighted by Crippen LogP contribution is 2.29. The summed E-state index contributed by atoms with van der Waals surface area (Å²) in [6, 6.07) is 11.2. The molecule has 35 heavy (non-hydrogen) atoms. The van der Waals surface area contributed by atoms with Crippen LogP contribution < -0.4 is 15.4 Å². The van der Waals surface area contributed by atoms with Crippen LogP contribution in [0.15, 0.2) is 42.6 Å². The molecular weight excluding hydrogens is 442 g/mol. The number of nitrogens with zero attached hydrogens (tertiary/aromatic N) is 3. The molecule has 2 amide bonds. The Morgan fingerprint density at radius 2 is 1.71 bits per heavy atom. The first-order valence-electron chi connectivity index (χ1n) is 11.6. The molecule has 8 nitrogen and oxygen atoms in total. The number of carbonyl (C=O) groups is 2. The number of rotatable bonds is 6. The van der Waals surface area contributed by atoms with Gasteiger partial charge in [-0.15, -0.1) is 5.10 Å². The summed E-state index contributed by atoms with van der Waals surface area (Å²) in [5.74, 6) is -0.0484. The van der Waals surface area contributed by atoms with E-state index in [9.17, 15) is 9.59 Å². The van der Waals surface area contributed by atoms with E-state index in [1.54, 1.807) is 19.4 Å². The largest absolute Gasteiger partial charge is 0.496 e. The summed E-state index contributed by atoms with van der Waals surface area (Å²) in [4.78, 5) is 25.6. The van der Waals surface area contributed by atoms with Crippen LogP contribution in [0.3, 0.4) is 0 Å². The number of hydrogen-bond donors (Lipinski definition) is 2. The molecule has 3 rings (SSSR count). The molecule has 0 unspecified atom stereocenters. The van der Waals surface area contributed by atoms with Crippen LogP contribution >= 0.6 is 0 Å². The number of ether oxygens (including phenoxy) is 1. The lowest BCUT2D eigenvalue weighted by Crippen LogP contribution is -2.32. The lowest BCUT2D eigenvalue weighted by molar-refractivity contribution is 0.0933. The molecular formula is C27H35N5O3. The summed E-state index contributed by atoms with van der Waals surface area (Å²) < 4.78 is 6.97. The molecule has 1 heterocycles. The summed E-state index contributed by atoms with van der Waals surface area (Å²) in [6.45, 7) is 14.9. The fourth-order valence-electron chi connectivity index (χ4n) is 3.41. The van der Waals surface area contributed by atoms with Gasteiger partial charge in [0.25, 0.3) is 11.8 Å². The van der Waals surface area contributed by atoms with Gasteiger partial charge in [0.15, 0.2) is 5.69 Å². The SMILES string of the molecule is COc1ccc(C(C)(C)C)cc1C(=O)Nc1ccc(C)c(-n2cc(C(=O)NCC(C)(C)C)nn2)c1. The smallest absolute Gasteiger partial charge is 0.273 e. The van der Waals surface area contributed by atoms with Crippen molar-refractivity contribution in [3.63, 3.8) is 0 Å². The average molecular weight is 478 g/mol. The zero-order valence-electron chi connectivity index (χ0n) is 21.8. The lowest BCUT2D eigenvalue weighted by atomic mass is 9.86. The van der Waals surface area contributed by atoms with Gasteiger partial charge in [0.2, 0.25) is 0 Å². The molecule has 3 aromatic rings. The minimum absolute atomic E-state index is 0.0378. The van der Waals surface area contributed by atoms with Crippen LogP contribution in [0.25, 0.3) is 5.69 Å². The van der Waals surface area contributed by atoms with E-state index in [0.717, 1.165) is 11.1 Å². The van der Waals surface area contributed by atoms with Crippen LogP contribution in [0.2, 0.25) is 0 Å². The number of aromatic nitrogens is 3. The highest BCUT2D eigenvalue weighted by atomic mass is 16.5. The van der Waals surface area contributed by atoms with Gasteiger partial charge in [-0.2, -0.15) is 0 Å². The van der Waals surface area contributed by atoms with Gasteiger partial charge in [0, 0.05) is 12.2 Å². The van der Waals surface area contributed by atoms with Crippen LogP contribution in [-0.2, 0) is 5.41 Å². The van der Waals surface area contributed by atoms with E-state index in [4.69, 9.17) is 4.74 Å². The molecule has 2 N–H and O–H groups in total. The standard InChI is InChI=1S/C27H35N5O3/c1-17-9-11-19(29-24(33)20-13-18(27(5,6)7)10-12-23(20)35-8)14-22(17)32-15-21(30-31-32)25(34)28-16-26(2,3)4/h9-15H,16H2,1-8H3,(H,28,34)(H,29,33). The van der Waals surface area contributed by atoms with Crippen molar-refractivity contribution in [3.8, 4) is 11.4 Å². The minimum atomic E-state index is -0.279. The van der Waals surface area contributed by atoms with Crippen molar-refractivity contribution in [2.45, 2.75) is 53.9 Å². The Morgan fingerprint density at radius 3 is 2.34 bits per heavy atom. The molecule has 0 bridgehead atoms. The lowest BCUT2D eigenvalue weighted by Gasteiger charge is -2.21. The molecule has 2 aromatic carbocycles. The first-order valence-corrected chi connectivity index (χ1v) is 11.6. The summed E-state index contributed by atoms with van der Waals surface area (Å²) >= 11 is 0. The fraction of sp³-hybridized carbons (Fsp3) is 0.407. The first kappa shape index (κ1) is 25.9. The van der Waals surface area contributed by atoms with Crippen LogP contribution in [0.1, 0.15) is 73.5 Å². The van der Waals surface area contributed by atoms with Gasteiger partial charge in [0.05, 0.1) is 24.6 Å². The van der Waals surface area contributed by atoms with Crippen LogP contribution in [-0.4, -0.2) is 40.5 Å². The molecule has 186 valence electrons. The maximum Gasteiger partial charge on any atom is 0.273 e. The molecule has 0 aliphatic rings. The normalized spacial score (nSPS) is 11.8. The number of methoxy groups -OCH3 is 1. The Kier molecular flexibility index (Phi) is 7.33. The van der Waals surface area contributed by atoms with E-state index in [2.05, 4.69) is 41.7 Å². The Bertz CT molecular complexity index is 1230. The third-order valence-electron chi connectivity index (χ3n) is 5.53. The Balaban J connectivity index is 1.84. The highest BCUT2D eigenvalue weighted by Gasteiger charge is 2.20. The maximum atomic E-state index is 13.2. The summed E-state index contributed by atoms with van der Waals surface area (Å²) in [6.07, 6.45) is 1.59. The van der Waals surface area contributed by atoms with Crippen molar-refractivity contribution in [2.75, 3.05) is 19.0 Å². The van der Waals surface area contributed by atoms with E-state index >= 15 is 0 Å². The molecule has 8 heteroatoms. The number of nitrogens with one attached hydrogen (secondary N) is 2. The van der Waals surface area contributed by atoms with Gasteiger partial charge in [0.1, 0.15) is 5.75 Å². The molecule has 0 aliphatic heterocycles. The second-order valence-corrected chi connectivity index (χ2v) is 10.9. The van der Waals surface area contributed by atoms with E-state index in [-0.39, 0.29) is 28.3 Å². The van der Waals surface area contributed by atoms with Gasteiger partial charge in [-0.1, -0.05) is 58.9 Å². The second-order valence-electron chi connectivity index (χ2n) is 10.9. The number of benzene rings is 2. The van der Waals surface area contributed by atoms with Crippen molar-refractivity contribution >= 4 is 17.5 Å². The third kappa shape index (κ3) is 6.47. The van der Waals surface area contributed by atoms with Crippen LogP contribution in [0, 0.1) is 12.3 Å². The first-order chi connectivity index (χ1) is 16.3. The Morgan fingerprint density at radius 1 is 1.00 bits per heavy atom. The van der Waals surface area contributed by atoms with Crippen molar-refractivity contribution in [3.05, 3.63) is 65.0 Å². The van der Waals surface area contributed by atoms with Gasteiger partial charge in [-0.3, -0.25) is 9.59 Å². The predicted octanol–water partition coefficient (Wildman–Crippen LogP) is 4.91. The van der Waals surface area contributed by atoms with Gasteiger partial charge >= 0.3 is 0 Å². The minimum Gasteiger partial charge on any atom is -0.496 e. The molecule has 0 saturated heterocycles. The molecule has 0 saturated carbocycles. The van der Waals surface area contributed by atoms with E-state index < -0.39 is 0 Å².